The summed E-state index contributed by atoms with van der Waals surface area (Å²) in [6, 6.07) is 50.8. The zero-order valence-electron chi connectivity index (χ0n) is 37.4. The summed E-state index contributed by atoms with van der Waals surface area (Å²) in [6.07, 6.45) is -1.26. The van der Waals surface area contributed by atoms with Crippen molar-refractivity contribution in [3.63, 3.8) is 0 Å². The minimum atomic E-state index is -1.47. The first-order chi connectivity index (χ1) is 34.6. The second-order valence-corrected chi connectivity index (χ2v) is 16.5. The summed E-state index contributed by atoms with van der Waals surface area (Å²) in [5.41, 5.74) is 1.50. The Balaban J connectivity index is 1.12. The summed E-state index contributed by atoms with van der Waals surface area (Å²) < 4.78 is 37.0. The topological polar surface area (TPSA) is 188 Å². The Morgan fingerprint density at radius 3 is 1.75 bits per heavy atom. The zero-order valence-corrected chi connectivity index (χ0v) is 37.4. The first-order valence-electron chi connectivity index (χ1n) is 22.3. The largest absolute Gasteiger partial charge is 0.507 e. The van der Waals surface area contributed by atoms with Crippen LogP contribution in [0.2, 0.25) is 0 Å². The Morgan fingerprint density at radius 1 is 0.535 bits per heavy atom. The number of phenols is 3. The first kappa shape index (κ1) is 45.2. The number of ketones is 1. The number of carbonyl (C=O) groups excluding carboxylic acids is 3. The van der Waals surface area contributed by atoms with Crippen LogP contribution in [0.4, 0.5) is 0 Å². The molecule has 0 unspecified atom stereocenters. The first-order valence-corrected chi connectivity index (χ1v) is 22.3. The van der Waals surface area contributed by atoms with Gasteiger partial charge in [0, 0.05) is 29.8 Å². The fraction of sp³-hybridized carbons (Fsp3) is 0.0690. The van der Waals surface area contributed by atoms with Gasteiger partial charge >= 0.3 is 11.9 Å². The van der Waals surface area contributed by atoms with E-state index in [2.05, 4.69) is 0 Å². The van der Waals surface area contributed by atoms with E-state index < -0.39 is 52.4 Å². The Morgan fingerprint density at radius 2 is 1.13 bits per heavy atom. The molecule has 0 bridgehead atoms. The van der Waals surface area contributed by atoms with Crippen LogP contribution >= 0.6 is 0 Å². The highest BCUT2D eigenvalue weighted by atomic mass is 16.5. The molecule has 71 heavy (non-hydrogen) atoms. The van der Waals surface area contributed by atoms with Crippen LogP contribution in [-0.4, -0.2) is 33.0 Å². The molecule has 0 amide bonds. The zero-order chi connectivity index (χ0) is 49.0. The van der Waals surface area contributed by atoms with E-state index in [1.165, 1.54) is 30.3 Å². The second-order valence-electron chi connectivity index (χ2n) is 16.5. The summed E-state index contributed by atoms with van der Waals surface area (Å²) in [5.74, 6) is -5.19. The molecule has 0 saturated heterocycles. The maximum atomic E-state index is 15.5. The molecule has 0 saturated carbocycles. The molecular formula is C58H40O13. The van der Waals surface area contributed by atoms with Crippen LogP contribution in [0.5, 0.6) is 46.0 Å². The van der Waals surface area contributed by atoms with Crippen molar-refractivity contribution in [3.05, 3.63) is 237 Å². The van der Waals surface area contributed by atoms with Crippen molar-refractivity contribution >= 4 is 28.7 Å². The number of benzene rings is 8. The number of hydrogen-bond donors (Lipinski definition) is 3. The number of Topliss-reactive ketones (excluding diaryl/α,β-unsaturated/α-hetero) is 1. The standard InChI is InChI=1S/C58H40O13/c59-42-27-39(23-26-46(42)71-58(65)38-19-11-4-12-20-38)47-30-44(61)50-45(62)31-48(67-33-35-15-7-2-8-16-35)52(56(50)69-47)53-54(63)51-43(60)28-41(68-57(64)37-17-9-3-10-18-37)29-49(51)70-55(53)36-21-24-40(25-22-36)66-32-34-13-5-1-6-14-34/h1-31,53,55,59-60,62H,32-33H2/t53-,55+/m1/s1. The van der Waals surface area contributed by atoms with Crippen molar-refractivity contribution in [1.29, 1.82) is 0 Å². The summed E-state index contributed by atoms with van der Waals surface area (Å²) in [5, 5.41) is 34.1. The van der Waals surface area contributed by atoms with Gasteiger partial charge in [0.15, 0.2) is 22.7 Å². The van der Waals surface area contributed by atoms with Gasteiger partial charge in [0.05, 0.1) is 22.6 Å². The number of aromatic hydroxyl groups is 3. The van der Waals surface area contributed by atoms with E-state index in [4.69, 9.17) is 28.1 Å². The van der Waals surface area contributed by atoms with E-state index in [-0.39, 0.29) is 80.8 Å². The van der Waals surface area contributed by atoms with E-state index in [0.717, 1.165) is 23.3 Å². The lowest BCUT2D eigenvalue weighted by Crippen LogP contribution is -2.31. The van der Waals surface area contributed by atoms with Crippen LogP contribution in [0, 0.1) is 0 Å². The molecule has 13 heteroatoms. The van der Waals surface area contributed by atoms with Gasteiger partial charge in [-0.15, -0.1) is 0 Å². The van der Waals surface area contributed by atoms with Gasteiger partial charge in [0.1, 0.15) is 76.1 Å². The van der Waals surface area contributed by atoms with Crippen LogP contribution in [-0.2, 0) is 13.2 Å². The van der Waals surface area contributed by atoms with Crippen molar-refractivity contribution in [3.8, 4) is 57.3 Å². The average Bonchev–Trinajstić information content (AvgIpc) is 3.39. The summed E-state index contributed by atoms with van der Waals surface area (Å²) in [4.78, 5) is 55.8. The Bertz CT molecular complexity index is 3500. The normalized spacial score (nSPS) is 13.9. The summed E-state index contributed by atoms with van der Waals surface area (Å²) >= 11 is 0. The van der Waals surface area contributed by atoms with Crippen LogP contribution in [0.3, 0.4) is 0 Å². The van der Waals surface area contributed by atoms with Gasteiger partial charge in [-0.1, -0.05) is 109 Å². The van der Waals surface area contributed by atoms with Gasteiger partial charge in [0.2, 0.25) is 0 Å². The Hall–Kier alpha value is -9.62. The van der Waals surface area contributed by atoms with Gasteiger partial charge < -0.3 is 43.4 Å². The average molecular weight is 945 g/mol. The van der Waals surface area contributed by atoms with Gasteiger partial charge in [0.25, 0.3) is 0 Å². The lowest BCUT2D eigenvalue weighted by Gasteiger charge is -2.34. The van der Waals surface area contributed by atoms with Crippen LogP contribution in [0.1, 0.15) is 65.3 Å². The SMILES string of the molecule is O=C(Oc1cc(O)c2c(c1)O[C@@H](c1ccc(OCc3ccccc3)cc1)[C@H](c1c(OCc3ccccc3)cc(O)c3c(=O)cc(-c4ccc(OC(=O)c5ccccc5)c(O)c4)oc13)C2=O)c1ccccc1. The van der Waals surface area contributed by atoms with E-state index in [9.17, 15) is 29.7 Å². The molecule has 1 aliphatic rings. The third kappa shape index (κ3) is 9.47. The molecular weight excluding hydrogens is 905 g/mol. The number of esters is 2. The molecule has 10 rings (SSSR count). The number of phenolic OH excluding ortho intramolecular Hbond substituents is 3. The van der Waals surface area contributed by atoms with Gasteiger partial charge in [-0.25, -0.2) is 9.59 Å². The Labute approximate surface area is 404 Å². The molecule has 9 aromatic rings. The van der Waals surface area contributed by atoms with Gasteiger partial charge in [-0.2, -0.15) is 0 Å². The molecule has 0 radical (unpaired) electrons. The Kier molecular flexibility index (Phi) is 12.4. The number of hydrogen-bond acceptors (Lipinski definition) is 13. The minimum absolute atomic E-state index is 0.0191. The smallest absolute Gasteiger partial charge is 0.343 e. The van der Waals surface area contributed by atoms with Crippen molar-refractivity contribution in [2.45, 2.75) is 25.2 Å². The molecule has 0 fully saturated rings. The molecule has 1 aromatic heterocycles. The van der Waals surface area contributed by atoms with Gasteiger partial charge in [-0.3, -0.25) is 9.59 Å². The molecule has 350 valence electrons. The number of carbonyl (C=O) groups is 3. The van der Waals surface area contributed by atoms with Crippen LogP contribution in [0.25, 0.3) is 22.3 Å². The monoisotopic (exact) mass is 944 g/mol. The predicted octanol–water partition coefficient (Wildman–Crippen LogP) is 11.3. The lowest BCUT2D eigenvalue weighted by molar-refractivity contribution is 0.0719. The number of ether oxygens (including phenoxy) is 5. The second kappa shape index (κ2) is 19.5. The molecule has 0 spiro atoms. The van der Waals surface area contributed by atoms with E-state index >= 15 is 4.79 Å². The van der Waals surface area contributed by atoms with E-state index in [1.807, 2.05) is 60.7 Å². The van der Waals surface area contributed by atoms with Crippen LogP contribution in [0.15, 0.2) is 197 Å². The van der Waals surface area contributed by atoms with Gasteiger partial charge in [-0.05, 0) is 71.3 Å². The van der Waals surface area contributed by atoms with Crippen molar-refractivity contribution < 1.29 is 57.8 Å². The highest BCUT2D eigenvalue weighted by molar-refractivity contribution is 6.09. The van der Waals surface area contributed by atoms with E-state index in [1.54, 1.807) is 84.9 Å². The lowest BCUT2D eigenvalue weighted by atomic mass is 9.79. The molecule has 13 nitrogen and oxygen atoms in total. The van der Waals surface area contributed by atoms with Crippen molar-refractivity contribution in [2.24, 2.45) is 0 Å². The molecule has 8 aromatic carbocycles. The maximum Gasteiger partial charge on any atom is 0.343 e. The fourth-order valence-electron chi connectivity index (χ4n) is 8.34. The highest BCUT2D eigenvalue weighted by Crippen LogP contribution is 2.53. The molecule has 1 aliphatic heterocycles. The fourth-order valence-corrected chi connectivity index (χ4v) is 8.34. The molecule has 2 atom stereocenters. The molecule has 0 aliphatic carbocycles. The van der Waals surface area contributed by atoms with Crippen LogP contribution < -0.4 is 29.1 Å². The van der Waals surface area contributed by atoms with Crippen molar-refractivity contribution in [1.82, 2.24) is 0 Å². The third-order valence-electron chi connectivity index (χ3n) is 11.8. The predicted molar refractivity (Wildman–Crippen MR) is 261 cm³/mol. The quantitative estimate of drug-likeness (QED) is 0.0732. The highest BCUT2D eigenvalue weighted by Gasteiger charge is 2.45. The number of fused-ring (bicyclic) bond motifs is 2. The molecule has 3 N–H and O–H groups in total. The summed E-state index contributed by atoms with van der Waals surface area (Å²) in [7, 11) is 0. The maximum absolute atomic E-state index is 15.5. The minimum Gasteiger partial charge on any atom is -0.507 e. The summed E-state index contributed by atoms with van der Waals surface area (Å²) in [6.45, 7) is 0.221. The number of rotatable bonds is 13. The third-order valence-corrected chi connectivity index (χ3v) is 11.8. The van der Waals surface area contributed by atoms with Crippen molar-refractivity contribution in [2.75, 3.05) is 0 Å². The van der Waals surface area contributed by atoms with E-state index in [0.29, 0.717) is 11.3 Å². The molecule has 2 heterocycles.